The van der Waals surface area contributed by atoms with E-state index < -0.39 is 0 Å². The second-order valence-corrected chi connectivity index (χ2v) is 6.74. The van der Waals surface area contributed by atoms with Crippen LogP contribution in [0, 0.1) is 11.3 Å². The van der Waals surface area contributed by atoms with Crippen LogP contribution in [0.1, 0.15) is 46.5 Å². The molecule has 0 amide bonds. The largest absolute Gasteiger partial charge is 0.303 e. The molecule has 0 aromatic carbocycles. The van der Waals surface area contributed by atoms with Crippen LogP contribution in [-0.4, -0.2) is 29.9 Å². The Hall–Kier alpha value is 0.440. The zero-order valence-corrected chi connectivity index (χ0v) is 12.3. The smallest absolute Gasteiger partial charge is 0.00927 e. The average Bonchev–Trinajstić information content (AvgIpc) is 2.17. The lowest BCUT2D eigenvalue weighted by Crippen LogP contribution is -2.39. The maximum atomic E-state index is 3.56. The van der Waals surface area contributed by atoms with Crippen LogP contribution in [-0.2, 0) is 0 Å². The summed E-state index contributed by atoms with van der Waals surface area (Å²) in [5.74, 6) is 0.768. The number of hydrogen-bond acceptors (Lipinski definition) is 1. The molecule has 0 aliphatic heterocycles. The number of halogens is 1. The molecule has 1 fully saturated rings. The fourth-order valence-corrected chi connectivity index (χ4v) is 2.72. The van der Waals surface area contributed by atoms with Gasteiger partial charge in [-0.1, -0.05) is 36.7 Å². The van der Waals surface area contributed by atoms with Gasteiger partial charge in [0.05, 0.1) is 0 Å². The van der Waals surface area contributed by atoms with E-state index in [4.69, 9.17) is 0 Å². The Morgan fingerprint density at radius 2 is 1.87 bits per heavy atom. The molecular weight excluding hydrogens is 250 g/mol. The van der Waals surface area contributed by atoms with Crippen molar-refractivity contribution in [2.45, 2.75) is 52.5 Å². The van der Waals surface area contributed by atoms with Crippen molar-refractivity contribution in [1.82, 2.24) is 4.90 Å². The van der Waals surface area contributed by atoms with Crippen LogP contribution in [0.25, 0.3) is 0 Å². The van der Waals surface area contributed by atoms with Crippen LogP contribution in [0.5, 0.6) is 0 Å². The van der Waals surface area contributed by atoms with Gasteiger partial charge in [-0.2, -0.15) is 0 Å². The molecule has 0 saturated heterocycles. The lowest BCUT2D eigenvalue weighted by Gasteiger charge is -2.39. The van der Waals surface area contributed by atoms with E-state index in [1.54, 1.807) is 0 Å². The molecule has 0 aromatic rings. The topological polar surface area (TPSA) is 3.24 Å². The Labute approximate surface area is 104 Å². The minimum absolute atomic E-state index is 0.596. The Balaban J connectivity index is 2.33. The number of alkyl halides is 1. The molecule has 0 N–H and O–H groups in total. The van der Waals surface area contributed by atoms with Crippen LogP contribution in [0.15, 0.2) is 0 Å². The van der Waals surface area contributed by atoms with Gasteiger partial charge in [0.25, 0.3) is 0 Å². The third-order valence-electron chi connectivity index (χ3n) is 3.80. The molecule has 0 heterocycles. The SMILES string of the molecule is CC(CBr)CN(C)C1CCC(C)(C)CC1. The lowest BCUT2D eigenvalue weighted by molar-refractivity contribution is 0.119. The second kappa shape index (κ2) is 5.67. The molecule has 0 spiro atoms. The molecule has 1 unspecified atom stereocenters. The molecule has 1 atom stereocenters. The predicted molar refractivity (Wildman–Crippen MR) is 71.6 cm³/mol. The molecule has 90 valence electrons. The summed E-state index contributed by atoms with van der Waals surface area (Å²) in [7, 11) is 2.29. The van der Waals surface area contributed by atoms with Crippen LogP contribution >= 0.6 is 15.9 Å². The highest BCUT2D eigenvalue weighted by atomic mass is 79.9. The van der Waals surface area contributed by atoms with Crippen molar-refractivity contribution < 1.29 is 0 Å². The van der Waals surface area contributed by atoms with E-state index in [0.717, 1.165) is 17.3 Å². The summed E-state index contributed by atoms with van der Waals surface area (Å²) in [6.45, 7) is 8.36. The number of nitrogens with zero attached hydrogens (tertiary/aromatic N) is 1. The van der Waals surface area contributed by atoms with Gasteiger partial charge < -0.3 is 4.90 Å². The van der Waals surface area contributed by atoms with Crippen molar-refractivity contribution >= 4 is 15.9 Å². The van der Waals surface area contributed by atoms with Crippen molar-refractivity contribution in [3.63, 3.8) is 0 Å². The van der Waals surface area contributed by atoms with Crippen molar-refractivity contribution in [2.75, 3.05) is 18.9 Å². The minimum Gasteiger partial charge on any atom is -0.303 e. The first-order valence-corrected chi connectivity index (χ1v) is 7.33. The van der Waals surface area contributed by atoms with Crippen LogP contribution in [0.2, 0.25) is 0 Å². The molecule has 0 bridgehead atoms. The summed E-state index contributed by atoms with van der Waals surface area (Å²) in [6.07, 6.45) is 5.56. The summed E-state index contributed by atoms with van der Waals surface area (Å²) in [5, 5.41) is 1.12. The highest BCUT2D eigenvalue weighted by Crippen LogP contribution is 2.36. The molecule has 0 aromatic heterocycles. The first-order valence-electron chi connectivity index (χ1n) is 6.21. The second-order valence-electron chi connectivity index (χ2n) is 6.09. The van der Waals surface area contributed by atoms with Gasteiger partial charge in [-0.3, -0.25) is 0 Å². The fourth-order valence-electron chi connectivity index (χ4n) is 2.51. The van der Waals surface area contributed by atoms with Crippen molar-refractivity contribution in [3.05, 3.63) is 0 Å². The summed E-state index contributed by atoms with van der Waals surface area (Å²) in [6, 6.07) is 0.833. The highest BCUT2D eigenvalue weighted by molar-refractivity contribution is 9.09. The van der Waals surface area contributed by atoms with Gasteiger partial charge in [-0.25, -0.2) is 0 Å². The third kappa shape index (κ3) is 4.44. The van der Waals surface area contributed by atoms with Gasteiger partial charge in [0.15, 0.2) is 0 Å². The van der Waals surface area contributed by atoms with Gasteiger partial charge >= 0.3 is 0 Å². The third-order valence-corrected chi connectivity index (χ3v) is 4.90. The molecule has 0 radical (unpaired) electrons. The maximum Gasteiger partial charge on any atom is 0.00927 e. The van der Waals surface area contributed by atoms with E-state index in [-0.39, 0.29) is 0 Å². The summed E-state index contributed by atoms with van der Waals surface area (Å²) >= 11 is 3.56. The van der Waals surface area contributed by atoms with Gasteiger partial charge in [-0.05, 0) is 44.1 Å². The van der Waals surface area contributed by atoms with Crippen LogP contribution in [0.4, 0.5) is 0 Å². The Morgan fingerprint density at radius 3 is 2.33 bits per heavy atom. The van der Waals surface area contributed by atoms with Crippen molar-refractivity contribution in [1.29, 1.82) is 0 Å². The monoisotopic (exact) mass is 275 g/mol. The van der Waals surface area contributed by atoms with E-state index in [1.807, 2.05) is 0 Å². The molecule has 15 heavy (non-hydrogen) atoms. The zero-order valence-electron chi connectivity index (χ0n) is 10.7. The molecule has 1 rings (SSSR count). The number of hydrogen-bond donors (Lipinski definition) is 0. The van der Waals surface area contributed by atoms with Gasteiger partial charge in [0, 0.05) is 17.9 Å². The van der Waals surface area contributed by atoms with E-state index in [2.05, 4.69) is 48.6 Å². The van der Waals surface area contributed by atoms with Crippen molar-refractivity contribution in [3.8, 4) is 0 Å². The molecular formula is C13H26BrN. The Kier molecular flexibility index (Phi) is 5.11. The lowest BCUT2D eigenvalue weighted by atomic mass is 9.75. The van der Waals surface area contributed by atoms with Crippen molar-refractivity contribution in [2.24, 2.45) is 11.3 Å². The summed E-state index contributed by atoms with van der Waals surface area (Å²) in [4.78, 5) is 2.57. The molecule has 1 saturated carbocycles. The summed E-state index contributed by atoms with van der Waals surface area (Å²) < 4.78 is 0. The predicted octanol–water partition coefficient (Wildman–Crippen LogP) is 3.92. The minimum atomic E-state index is 0.596. The van der Waals surface area contributed by atoms with E-state index in [0.29, 0.717) is 5.41 Å². The fraction of sp³-hybridized carbons (Fsp3) is 1.00. The first kappa shape index (κ1) is 13.5. The number of rotatable bonds is 4. The zero-order chi connectivity index (χ0) is 11.5. The van der Waals surface area contributed by atoms with E-state index in [1.165, 1.54) is 32.2 Å². The normalized spacial score (nSPS) is 24.4. The van der Waals surface area contributed by atoms with Gasteiger partial charge in [0.1, 0.15) is 0 Å². The quantitative estimate of drug-likeness (QED) is 0.703. The maximum absolute atomic E-state index is 3.56. The Bertz CT molecular complexity index is 181. The first-order chi connectivity index (χ1) is 6.94. The highest BCUT2D eigenvalue weighted by Gasteiger charge is 2.28. The van der Waals surface area contributed by atoms with E-state index in [9.17, 15) is 0 Å². The van der Waals surface area contributed by atoms with Crippen LogP contribution in [0.3, 0.4) is 0 Å². The Morgan fingerprint density at radius 1 is 1.33 bits per heavy atom. The average molecular weight is 276 g/mol. The van der Waals surface area contributed by atoms with Gasteiger partial charge in [0.2, 0.25) is 0 Å². The molecule has 1 nitrogen and oxygen atoms in total. The van der Waals surface area contributed by atoms with Crippen LogP contribution < -0.4 is 0 Å². The summed E-state index contributed by atoms with van der Waals surface area (Å²) in [5.41, 5.74) is 0.596. The molecule has 1 aliphatic carbocycles. The van der Waals surface area contributed by atoms with Gasteiger partial charge in [-0.15, -0.1) is 0 Å². The molecule has 1 aliphatic rings. The molecule has 2 heteroatoms. The van der Waals surface area contributed by atoms with E-state index >= 15 is 0 Å². The standard InChI is InChI=1S/C13H26BrN/c1-11(9-14)10-15(4)12-5-7-13(2,3)8-6-12/h11-12H,5-10H2,1-4H3.